The highest BCUT2D eigenvalue weighted by atomic mass is 35.5. The summed E-state index contributed by atoms with van der Waals surface area (Å²) in [6, 6.07) is 22.0. The molecule has 0 N–H and O–H groups in total. The van der Waals surface area contributed by atoms with Gasteiger partial charge in [-0.2, -0.15) is 0 Å². The van der Waals surface area contributed by atoms with E-state index in [1.54, 1.807) is 0 Å². The van der Waals surface area contributed by atoms with Gasteiger partial charge in [0, 0.05) is 27.9 Å². The van der Waals surface area contributed by atoms with Crippen molar-refractivity contribution in [3.63, 3.8) is 0 Å². The third-order valence-corrected chi connectivity index (χ3v) is 10.3. The molecule has 4 heteroatoms. The molecule has 2 aromatic rings. The molecule has 0 saturated heterocycles. The van der Waals surface area contributed by atoms with Crippen LogP contribution in [0.25, 0.3) is 0 Å². The van der Waals surface area contributed by atoms with E-state index in [4.69, 9.17) is 23.2 Å². The first-order valence-electron chi connectivity index (χ1n) is 15.2. The van der Waals surface area contributed by atoms with Crippen LogP contribution in [0.15, 0.2) is 128 Å². The van der Waals surface area contributed by atoms with E-state index in [1.165, 1.54) is 56.2 Å². The molecule has 2 nitrogen and oxygen atoms in total. The molecule has 2 unspecified atom stereocenters. The molecule has 41 heavy (non-hydrogen) atoms. The number of fused-ring (bicyclic) bond motifs is 2. The quantitative estimate of drug-likeness (QED) is 0.305. The normalized spacial score (nSPS) is 22.3. The number of allylic oxidation sites excluding steroid dienone is 6. The van der Waals surface area contributed by atoms with Gasteiger partial charge >= 0.3 is 0 Å². The van der Waals surface area contributed by atoms with E-state index in [1.807, 2.05) is 0 Å². The average molecular weight is 584 g/mol. The minimum Gasteiger partial charge on any atom is -0.334 e. The Kier molecular flexibility index (Phi) is 7.37. The Bertz CT molecular complexity index is 1450. The summed E-state index contributed by atoms with van der Waals surface area (Å²) < 4.78 is 0. The van der Waals surface area contributed by atoms with Gasteiger partial charge in [-0.3, -0.25) is 0 Å². The lowest BCUT2D eigenvalue weighted by Crippen LogP contribution is -2.39. The number of anilines is 2. The smallest absolute Gasteiger partial charge is 0.0567 e. The maximum atomic E-state index is 7.31. The van der Waals surface area contributed by atoms with Crippen molar-refractivity contribution in [1.29, 1.82) is 0 Å². The van der Waals surface area contributed by atoms with Crippen LogP contribution in [0.2, 0.25) is 0 Å². The minimum absolute atomic E-state index is 0.194. The Morgan fingerprint density at radius 1 is 0.610 bits per heavy atom. The number of benzene rings is 2. The van der Waals surface area contributed by atoms with E-state index < -0.39 is 0 Å². The molecule has 0 radical (unpaired) electrons. The van der Waals surface area contributed by atoms with Gasteiger partial charge in [-0.05, 0) is 84.4 Å². The third-order valence-electron chi connectivity index (χ3n) is 9.44. The summed E-state index contributed by atoms with van der Waals surface area (Å²) in [5, 5.41) is 1.83. The fourth-order valence-corrected chi connectivity index (χ4v) is 8.45. The molecule has 2 aromatic carbocycles. The first kappa shape index (κ1) is 28.2. The van der Waals surface area contributed by atoms with Crippen LogP contribution in [0.1, 0.15) is 67.2 Å². The highest BCUT2D eigenvalue weighted by Crippen LogP contribution is 2.60. The zero-order valence-corrected chi connectivity index (χ0v) is 26.6. The molecular formula is C37H40Cl2N2. The van der Waals surface area contributed by atoms with Gasteiger partial charge in [-0.25, -0.2) is 0 Å². The topological polar surface area (TPSA) is 6.48 Å². The van der Waals surface area contributed by atoms with Crippen LogP contribution in [-0.2, 0) is 0 Å². The molecule has 0 aromatic heterocycles. The summed E-state index contributed by atoms with van der Waals surface area (Å²) in [5.74, 6) is 0. The Labute approximate surface area is 256 Å². The molecule has 2 aliphatic carbocycles. The van der Waals surface area contributed by atoms with Crippen molar-refractivity contribution in [2.45, 2.75) is 79.3 Å². The van der Waals surface area contributed by atoms with E-state index >= 15 is 0 Å². The first-order chi connectivity index (χ1) is 19.8. The molecule has 0 bridgehead atoms. The molecule has 6 rings (SSSR count). The van der Waals surface area contributed by atoms with Crippen LogP contribution in [0.3, 0.4) is 0 Å². The van der Waals surface area contributed by atoms with Gasteiger partial charge in [0.1, 0.15) is 0 Å². The fourth-order valence-electron chi connectivity index (χ4n) is 7.67. The molecule has 2 heterocycles. The van der Waals surface area contributed by atoms with Gasteiger partial charge in [-0.15, -0.1) is 0 Å². The Balaban J connectivity index is 1.60. The number of hydrogen-bond donors (Lipinski definition) is 0. The molecule has 2 aliphatic heterocycles. The van der Waals surface area contributed by atoms with Crippen LogP contribution in [-0.4, -0.2) is 12.1 Å². The second-order valence-electron chi connectivity index (χ2n) is 11.9. The Morgan fingerprint density at radius 3 is 1.29 bits per heavy atom. The average Bonchev–Trinajstić information content (AvgIpc) is 3.70. The van der Waals surface area contributed by atoms with E-state index in [0.717, 1.165) is 35.7 Å². The predicted molar refractivity (Wildman–Crippen MR) is 176 cm³/mol. The second-order valence-corrected chi connectivity index (χ2v) is 12.7. The van der Waals surface area contributed by atoms with Crippen molar-refractivity contribution < 1.29 is 0 Å². The number of halogens is 2. The molecular weight excluding hydrogens is 543 g/mol. The molecule has 0 amide bonds. The number of para-hydroxylation sites is 2. The summed E-state index contributed by atoms with van der Waals surface area (Å²) >= 11 is 14.6. The Morgan fingerprint density at radius 2 is 0.976 bits per heavy atom. The van der Waals surface area contributed by atoms with E-state index in [-0.39, 0.29) is 17.5 Å². The lowest BCUT2D eigenvalue weighted by molar-refractivity contribution is 0.454. The van der Waals surface area contributed by atoms with Crippen LogP contribution in [0, 0.1) is 5.41 Å². The molecule has 2 atom stereocenters. The molecule has 0 saturated carbocycles. The zero-order chi connectivity index (χ0) is 29.1. The second kappa shape index (κ2) is 10.7. The summed E-state index contributed by atoms with van der Waals surface area (Å²) in [4.78, 5) is 5.07. The summed E-state index contributed by atoms with van der Waals surface area (Å²) in [7, 11) is 0. The zero-order valence-electron chi connectivity index (χ0n) is 25.1. The number of hydrogen-bond acceptors (Lipinski definition) is 2. The van der Waals surface area contributed by atoms with Gasteiger partial charge < -0.3 is 9.80 Å². The van der Waals surface area contributed by atoms with Crippen LogP contribution in [0.5, 0.6) is 0 Å². The molecule has 4 aliphatic rings. The van der Waals surface area contributed by atoms with Crippen LogP contribution in [0.4, 0.5) is 11.4 Å². The molecule has 212 valence electrons. The lowest BCUT2D eigenvalue weighted by Gasteiger charge is -2.40. The minimum atomic E-state index is -0.302. The maximum Gasteiger partial charge on any atom is 0.0567 e. The predicted octanol–water partition coefficient (Wildman–Crippen LogP) is 10.8. The van der Waals surface area contributed by atoms with Crippen LogP contribution >= 0.6 is 23.2 Å². The molecule has 0 fully saturated rings. The SMILES string of the molecule is CCC1=C(Cl)C2=C(C(C)(C)C3=C4C(=CC(CC)=C4Cl)N(c4ccccc4)C3CC)C(CC)N(c3ccccc3)C2=C1. The largest absolute Gasteiger partial charge is 0.334 e. The van der Waals surface area contributed by atoms with Gasteiger partial charge in [0.15, 0.2) is 0 Å². The highest BCUT2D eigenvalue weighted by Gasteiger charge is 2.52. The summed E-state index contributed by atoms with van der Waals surface area (Å²) in [6.07, 6.45) is 8.45. The van der Waals surface area contributed by atoms with E-state index in [2.05, 4.69) is 124 Å². The van der Waals surface area contributed by atoms with Crippen molar-refractivity contribution >= 4 is 34.6 Å². The first-order valence-corrected chi connectivity index (χ1v) is 16.0. The van der Waals surface area contributed by atoms with Crippen molar-refractivity contribution in [2.24, 2.45) is 5.41 Å². The van der Waals surface area contributed by atoms with Gasteiger partial charge in [0.2, 0.25) is 0 Å². The van der Waals surface area contributed by atoms with Crippen molar-refractivity contribution in [1.82, 2.24) is 0 Å². The summed E-state index contributed by atoms with van der Waals surface area (Å²) in [5.41, 5.74) is 12.3. The number of nitrogens with zero attached hydrogens (tertiary/aromatic N) is 2. The van der Waals surface area contributed by atoms with Gasteiger partial charge in [-0.1, -0.05) is 101 Å². The third kappa shape index (κ3) is 4.13. The van der Waals surface area contributed by atoms with Gasteiger partial charge in [0.05, 0.1) is 33.5 Å². The van der Waals surface area contributed by atoms with Crippen molar-refractivity contribution in [3.05, 3.63) is 128 Å². The molecule has 0 spiro atoms. The Hall–Kier alpha value is -2.94. The van der Waals surface area contributed by atoms with E-state index in [9.17, 15) is 0 Å². The number of rotatable bonds is 8. The monoisotopic (exact) mass is 582 g/mol. The summed E-state index contributed by atoms with van der Waals surface area (Å²) in [6.45, 7) is 13.8. The fraction of sp³-hybridized carbons (Fsp3) is 0.351. The highest BCUT2D eigenvalue weighted by molar-refractivity contribution is 6.34. The van der Waals surface area contributed by atoms with Crippen molar-refractivity contribution in [3.8, 4) is 0 Å². The van der Waals surface area contributed by atoms with Gasteiger partial charge in [0.25, 0.3) is 0 Å². The maximum absolute atomic E-state index is 7.31. The standard InChI is InChI=1S/C37H40Cl2N2/c1-7-23-21-29-31(35(23)38)33(27(9-3)40(29)25-17-13-11-14-18-25)37(5,6)34-28(10-4)41(26-19-15-12-16-20-26)30-22-24(8-2)36(39)32(30)34/h11-22,27-28H,7-10H2,1-6H3. The van der Waals surface area contributed by atoms with Crippen LogP contribution < -0.4 is 9.80 Å². The lowest BCUT2D eigenvalue weighted by atomic mass is 9.69. The van der Waals surface area contributed by atoms with E-state index in [0.29, 0.717) is 0 Å². The van der Waals surface area contributed by atoms with Crippen molar-refractivity contribution in [2.75, 3.05) is 9.80 Å².